The first-order chi connectivity index (χ1) is 24.8. The number of nitrogens with zero attached hydrogens (tertiary/aromatic N) is 3. The molecule has 2 heterocycles. The van der Waals surface area contributed by atoms with Crippen LogP contribution < -0.4 is 14.2 Å². The van der Waals surface area contributed by atoms with Crippen molar-refractivity contribution in [2.45, 2.75) is 53.4 Å². The number of carbonyl (C=O) groups is 1. The van der Waals surface area contributed by atoms with Gasteiger partial charge in [-0.15, -0.1) is 0 Å². The normalized spacial score (nSPS) is 13.5. The summed E-state index contributed by atoms with van der Waals surface area (Å²) in [7, 11) is 0. The summed E-state index contributed by atoms with van der Waals surface area (Å²) in [4.78, 5) is 21.8. The Hall–Kier alpha value is -5.40. The Kier molecular flexibility index (Phi) is 11.8. The van der Waals surface area contributed by atoms with Gasteiger partial charge in [0, 0.05) is 44.9 Å². The molecule has 0 aliphatic carbocycles. The van der Waals surface area contributed by atoms with Gasteiger partial charge in [-0.3, -0.25) is 9.69 Å². The first-order valence-corrected chi connectivity index (χ1v) is 17.7. The Morgan fingerprint density at radius 1 is 0.725 bits per heavy atom. The van der Waals surface area contributed by atoms with E-state index in [4.69, 9.17) is 14.2 Å². The third-order valence-corrected chi connectivity index (χ3v) is 9.17. The fourth-order valence-corrected chi connectivity index (χ4v) is 5.89. The number of hydrogen-bond donors (Lipinski definition) is 0. The lowest BCUT2D eigenvalue weighted by Gasteiger charge is -2.34. The number of carbonyl (C=O) groups excluding carboxylic acids is 1. The first kappa shape index (κ1) is 35.4. The third-order valence-electron chi connectivity index (χ3n) is 9.17. The van der Waals surface area contributed by atoms with Crippen molar-refractivity contribution in [3.8, 4) is 23.1 Å². The molecule has 0 unspecified atom stereocenters. The van der Waals surface area contributed by atoms with Gasteiger partial charge < -0.3 is 19.1 Å². The maximum atomic E-state index is 13.0. The van der Waals surface area contributed by atoms with Crippen LogP contribution in [0.5, 0.6) is 23.1 Å². The molecule has 4 aromatic carbocycles. The monoisotopic (exact) mass is 681 g/mol. The number of aryl methyl sites for hydroxylation is 2. The van der Waals surface area contributed by atoms with Gasteiger partial charge in [0.25, 0.3) is 0 Å². The van der Waals surface area contributed by atoms with Crippen LogP contribution in [-0.2, 0) is 24.6 Å². The molecular weight excluding hydrogens is 635 g/mol. The van der Waals surface area contributed by atoms with Gasteiger partial charge >= 0.3 is 0 Å². The Labute approximate surface area is 302 Å². The predicted octanol–water partition coefficient (Wildman–Crippen LogP) is 9.13. The van der Waals surface area contributed by atoms with E-state index in [9.17, 15) is 4.79 Å². The zero-order valence-corrected chi connectivity index (χ0v) is 30.0. The van der Waals surface area contributed by atoms with Gasteiger partial charge in [-0.05, 0) is 89.6 Å². The van der Waals surface area contributed by atoms with E-state index in [-0.39, 0.29) is 5.91 Å². The minimum Gasteiger partial charge on any atom is -0.489 e. The van der Waals surface area contributed by atoms with Gasteiger partial charge in [0.05, 0.1) is 6.20 Å². The molecule has 262 valence electrons. The number of benzene rings is 4. The molecule has 7 nitrogen and oxygen atoms in total. The van der Waals surface area contributed by atoms with Crippen molar-refractivity contribution in [1.82, 2.24) is 14.8 Å². The van der Waals surface area contributed by atoms with Crippen LogP contribution in [0.3, 0.4) is 0 Å². The van der Waals surface area contributed by atoms with E-state index in [1.54, 1.807) is 18.3 Å². The zero-order chi connectivity index (χ0) is 35.6. The molecule has 1 aliphatic rings. The summed E-state index contributed by atoms with van der Waals surface area (Å²) in [6.07, 6.45) is 5.23. The minimum absolute atomic E-state index is 0.0338. The second-order valence-electron chi connectivity index (χ2n) is 13.5. The summed E-state index contributed by atoms with van der Waals surface area (Å²) in [6.45, 7) is 13.5. The number of pyridine rings is 1. The average molecular weight is 682 g/mol. The highest BCUT2D eigenvalue weighted by atomic mass is 16.5. The summed E-state index contributed by atoms with van der Waals surface area (Å²) in [5.74, 6) is 3.29. The topological polar surface area (TPSA) is 64.1 Å². The first-order valence-electron chi connectivity index (χ1n) is 17.7. The molecule has 0 spiro atoms. The van der Waals surface area contributed by atoms with Gasteiger partial charge in [-0.1, -0.05) is 86.1 Å². The second kappa shape index (κ2) is 17.0. The molecule has 1 amide bonds. The van der Waals surface area contributed by atoms with Crippen LogP contribution >= 0.6 is 0 Å². The smallest absolute Gasteiger partial charge is 0.246 e. The zero-order valence-electron chi connectivity index (χ0n) is 30.0. The minimum atomic E-state index is 0.0338. The van der Waals surface area contributed by atoms with Gasteiger partial charge in [-0.2, -0.15) is 0 Å². The van der Waals surface area contributed by atoms with Gasteiger partial charge in [0.1, 0.15) is 30.5 Å². The molecule has 1 aliphatic heterocycles. The molecule has 6 rings (SSSR count). The van der Waals surface area contributed by atoms with Gasteiger partial charge in [0.2, 0.25) is 11.8 Å². The maximum Gasteiger partial charge on any atom is 0.246 e. The van der Waals surface area contributed by atoms with Gasteiger partial charge in [0.15, 0.2) is 0 Å². The van der Waals surface area contributed by atoms with E-state index in [0.717, 1.165) is 47.6 Å². The van der Waals surface area contributed by atoms with Crippen LogP contribution in [0.4, 0.5) is 0 Å². The third kappa shape index (κ3) is 10.3. The van der Waals surface area contributed by atoms with E-state index in [1.807, 2.05) is 54.3 Å². The summed E-state index contributed by atoms with van der Waals surface area (Å²) in [5, 5.41) is 0. The quantitative estimate of drug-likeness (QED) is 0.116. The van der Waals surface area contributed by atoms with E-state index in [1.165, 1.54) is 16.7 Å². The van der Waals surface area contributed by atoms with E-state index < -0.39 is 0 Å². The molecule has 1 saturated heterocycles. The van der Waals surface area contributed by atoms with Crippen molar-refractivity contribution in [3.05, 3.63) is 154 Å². The molecular formula is C44H47N3O4. The SMILES string of the molecule is Cc1ccc(COc2ccc(Oc3ccc(C=CC(=O)N4CCN(Cc5ccc(COc6ccc(C(C)C)cc6)cc5)CC4)c(C)c3)nc2)cc1. The molecule has 0 N–H and O–H groups in total. The lowest BCUT2D eigenvalue weighted by Crippen LogP contribution is -2.47. The fourth-order valence-electron chi connectivity index (χ4n) is 5.89. The number of rotatable bonds is 13. The van der Waals surface area contributed by atoms with Crippen LogP contribution in [0, 0.1) is 13.8 Å². The van der Waals surface area contributed by atoms with Crippen LogP contribution in [-0.4, -0.2) is 46.9 Å². The molecule has 1 aromatic heterocycles. The van der Waals surface area contributed by atoms with Crippen LogP contribution in [0.15, 0.2) is 115 Å². The van der Waals surface area contributed by atoms with Crippen molar-refractivity contribution >= 4 is 12.0 Å². The van der Waals surface area contributed by atoms with Crippen molar-refractivity contribution < 1.29 is 19.0 Å². The highest BCUT2D eigenvalue weighted by molar-refractivity contribution is 5.92. The second-order valence-corrected chi connectivity index (χ2v) is 13.5. The molecule has 0 saturated carbocycles. The Balaban J connectivity index is 0.917. The molecule has 51 heavy (non-hydrogen) atoms. The number of hydrogen-bond acceptors (Lipinski definition) is 6. The average Bonchev–Trinajstić information content (AvgIpc) is 3.15. The summed E-state index contributed by atoms with van der Waals surface area (Å²) >= 11 is 0. The van der Waals surface area contributed by atoms with E-state index in [0.29, 0.717) is 49.6 Å². The summed E-state index contributed by atoms with van der Waals surface area (Å²) in [6, 6.07) is 34.7. The predicted molar refractivity (Wildman–Crippen MR) is 203 cm³/mol. The van der Waals surface area contributed by atoms with Crippen LogP contribution in [0.25, 0.3) is 6.08 Å². The van der Waals surface area contributed by atoms with Crippen molar-refractivity contribution in [3.63, 3.8) is 0 Å². The standard InChI is InChI=1S/C44H47N3O4/c1-32(2)38-13-17-40(18-14-38)49-30-37-11-9-35(10-12-37)29-46-23-25-47(26-24-46)44(48)22-16-39-15-19-41(27-34(39)4)51-43-21-20-42(28-45-43)50-31-36-7-5-33(3)6-8-36/h5-22,27-28,32H,23-26,29-31H2,1-4H3. The maximum absolute atomic E-state index is 13.0. The number of amides is 1. The molecule has 5 aromatic rings. The highest BCUT2D eigenvalue weighted by Gasteiger charge is 2.20. The summed E-state index contributed by atoms with van der Waals surface area (Å²) < 4.78 is 17.8. The number of aromatic nitrogens is 1. The molecule has 0 atom stereocenters. The van der Waals surface area contributed by atoms with Crippen LogP contribution in [0.1, 0.15) is 58.7 Å². The lowest BCUT2D eigenvalue weighted by atomic mass is 10.0. The van der Waals surface area contributed by atoms with Gasteiger partial charge in [-0.25, -0.2) is 4.98 Å². The largest absolute Gasteiger partial charge is 0.489 e. The highest BCUT2D eigenvalue weighted by Crippen LogP contribution is 2.25. The fraction of sp³-hybridized carbons (Fsp3) is 0.273. The molecule has 1 fully saturated rings. The molecule has 0 bridgehead atoms. The Morgan fingerprint density at radius 3 is 1.96 bits per heavy atom. The summed E-state index contributed by atoms with van der Waals surface area (Å²) in [5.41, 5.74) is 8.04. The lowest BCUT2D eigenvalue weighted by molar-refractivity contribution is -0.127. The van der Waals surface area contributed by atoms with Crippen molar-refractivity contribution in [2.24, 2.45) is 0 Å². The van der Waals surface area contributed by atoms with Crippen molar-refractivity contribution in [1.29, 1.82) is 0 Å². The Bertz CT molecular complexity index is 1890. The van der Waals surface area contributed by atoms with E-state index in [2.05, 4.69) is 91.3 Å². The molecule has 0 radical (unpaired) electrons. The molecule has 7 heteroatoms. The van der Waals surface area contributed by atoms with E-state index >= 15 is 0 Å². The van der Waals surface area contributed by atoms with Crippen molar-refractivity contribution in [2.75, 3.05) is 26.2 Å². The number of ether oxygens (including phenoxy) is 3. The number of piperazine rings is 1. The van der Waals surface area contributed by atoms with Crippen LogP contribution in [0.2, 0.25) is 0 Å². The Morgan fingerprint density at radius 2 is 1.33 bits per heavy atom.